The normalized spacial score (nSPS) is 17.0. The molecular formula is C42H82Br2N2. The van der Waals surface area contributed by atoms with Crippen molar-refractivity contribution in [3.8, 4) is 11.8 Å². The van der Waals surface area contributed by atoms with Crippen molar-refractivity contribution in [1.29, 1.82) is 0 Å². The number of hydrogen-bond donors (Lipinski definition) is 0. The Bertz CT molecular complexity index is 631. The molecule has 0 unspecified atom stereocenters. The molecule has 0 aromatic heterocycles. The molecule has 0 atom stereocenters. The topological polar surface area (TPSA) is 0 Å². The van der Waals surface area contributed by atoms with Crippen LogP contribution in [0.1, 0.15) is 206 Å². The summed E-state index contributed by atoms with van der Waals surface area (Å²) in [7, 11) is 0. The molecule has 2 heterocycles. The van der Waals surface area contributed by atoms with Crippen LogP contribution in [0.25, 0.3) is 0 Å². The van der Waals surface area contributed by atoms with Gasteiger partial charge in [0.15, 0.2) is 0 Å². The third kappa shape index (κ3) is 23.7. The summed E-state index contributed by atoms with van der Waals surface area (Å²) in [5, 5.41) is 0. The molecule has 0 radical (unpaired) electrons. The third-order valence-corrected chi connectivity index (χ3v) is 11.5. The van der Waals surface area contributed by atoms with Gasteiger partial charge in [0, 0.05) is 0 Å². The minimum absolute atomic E-state index is 0. The summed E-state index contributed by atoms with van der Waals surface area (Å²) < 4.78 is 2.65. The Kier molecular flexibility index (Phi) is 32.9. The highest BCUT2D eigenvalue weighted by molar-refractivity contribution is 5.00. The monoisotopic (exact) mass is 772 g/mol. The number of piperidine rings is 2. The lowest BCUT2D eigenvalue weighted by molar-refractivity contribution is -0.927. The van der Waals surface area contributed by atoms with Crippen molar-refractivity contribution in [1.82, 2.24) is 0 Å². The Morgan fingerprint density at radius 3 is 0.826 bits per heavy atom. The summed E-state index contributed by atoms with van der Waals surface area (Å²) in [6.45, 7) is 15.3. The Balaban J connectivity index is 0.0000101. The number of hydrogen-bond acceptors (Lipinski definition) is 0. The van der Waals surface area contributed by atoms with Crippen molar-refractivity contribution in [3.05, 3.63) is 0 Å². The lowest BCUT2D eigenvalue weighted by Gasteiger charge is -2.41. The minimum Gasteiger partial charge on any atom is -1.00 e. The molecular weight excluding hydrogens is 692 g/mol. The maximum atomic E-state index is 3.81. The van der Waals surface area contributed by atoms with Gasteiger partial charge in [-0.05, 0) is 76.0 Å². The molecule has 2 saturated heterocycles. The second-order valence-electron chi connectivity index (χ2n) is 15.6. The molecule has 2 rings (SSSR count). The fraction of sp³-hybridized carbons (Fsp3) is 0.952. The average Bonchev–Trinajstić information content (AvgIpc) is 3.05. The fourth-order valence-electron chi connectivity index (χ4n) is 8.31. The lowest BCUT2D eigenvalue weighted by Crippen LogP contribution is -3.00. The van der Waals surface area contributed by atoms with Gasteiger partial charge in [0.1, 0.15) is 13.1 Å². The number of quaternary nitrogens is 2. The van der Waals surface area contributed by atoms with Crippen molar-refractivity contribution in [2.45, 2.75) is 206 Å². The quantitative estimate of drug-likeness (QED) is 0.0491. The molecule has 0 aliphatic carbocycles. The molecule has 0 saturated carbocycles. The molecule has 2 fully saturated rings. The minimum atomic E-state index is 0. The van der Waals surface area contributed by atoms with Crippen molar-refractivity contribution in [2.24, 2.45) is 0 Å². The van der Waals surface area contributed by atoms with Crippen LogP contribution in [0.3, 0.4) is 0 Å². The number of rotatable bonds is 28. The van der Waals surface area contributed by atoms with E-state index in [1.165, 1.54) is 241 Å². The van der Waals surface area contributed by atoms with E-state index in [1.807, 2.05) is 0 Å². The van der Waals surface area contributed by atoms with Gasteiger partial charge in [-0.25, -0.2) is 0 Å². The van der Waals surface area contributed by atoms with Crippen molar-refractivity contribution in [3.63, 3.8) is 0 Å². The molecule has 4 heteroatoms. The Labute approximate surface area is 312 Å². The number of nitrogens with zero attached hydrogens (tertiary/aromatic N) is 2. The largest absolute Gasteiger partial charge is 1.00 e. The van der Waals surface area contributed by atoms with Crippen LogP contribution in [-0.4, -0.2) is 61.3 Å². The zero-order valence-corrected chi connectivity index (χ0v) is 34.7. The highest BCUT2D eigenvalue weighted by Gasteiger charge is 2.30. The second-order valence-corrected chi connectivity index (χ2v) is 15.6. The predicted molar refractivity (Wildman–Crippen MR) is 197 cm³/mol. The average molecular weight is 775 g/mol. The molecule has 0 bridgehead atoms. The first-order valence-corrected chi connectivity index (χ1v) is 20.9. The predicted octanol–water partition coefficient (Wildman–Crippen LogP) is 6.40. The zero-order valence-electron chi connectivity index (χ0n) is 31.5. The van der Waals surface area contributed by atoms with Gasteiger partial charge in [-0.15, -0.1) is 0 Å². The van der Waals surface area contributed by atoms with Gasteiger partial charge in [-0.3, -0.25) is 0 Å². The van der Waals surface area contributed by atoms with Gasteiger partial charge in [-0.1, -0.05) is 142 Å². The van der Waals surface area contributed by atoms with E-state index >= 15 is 0 Å². The summed E-state index contributed by atoms with van der Waals surface area (Å²) in [5.74, 6) is 7.63. The van der Waals surface area contributed by atoms with Crippen molar-refractivity contribution < 1.29 is 42.9 Å². The standard InChI is InChI=1S/C42H82N2.2BrH/c1-3-5-7-9-11-13-15-17-19-21-23-27-35-43(37-29-25-30-38-43)41-33-34-42-44(39-31-26-32-40-44)36-28-24-22-20-18-16-14-12-10-8-6-4-2;;/h3-32,35-42H2,1-2H3;2*1H/q+2;;/p-2. The Morgan fingerprint density at radius 1 is 0.326 bits per heavy atom. The zero-order chi connectivity index (χ0) is 31.3. The third-order valence-electron chi connectivity index (χ3n) is 11.5. The SMILES string of the molecule is CCCCCCCCCCCCCC[N+]1(CC#CC[N+]2(CCCCCCCCCCCCCC)CCCCC2)CCCCC1.[Br-].[Br-]. The van der Waals surface area contributed by atoms with E-state index in [-0.39, 0.29) is 34.0 Å². The number of halogens is 2. The first kappa shape index (κ1) is 46.4. The van der Waals surface area contributed by atoms with Gasteiger partial charge >= 0.3 is 0 Å². The number of unbranched alkanes of at least 4 members (excludes halogenated alkanes) is 22. The number of likely N-dealkylation sites (tertiary alicyclic amines) is 2. The molecule has 2 aliphatic heterocycles. The van der Waals surface area contributed by atoms with Gasteiger partial charge in [0.25, 0.3) is 0 Å². The molecule has 0 aromatic rings. The summed E-state index contributed by atoms with van der Waals surface area (Å²) in [6, 6.07) is 0. The molecule has 0 spiro atoms. The maximum Gasteiger partial charge on any atom is 0.141 e. The summed E-state index contributed by atoms with van der Waals surface area (Å²) in [4.78, 5) is 0. The molecule has 0 N–H and O–H groups in total. The molecule has 0 aromatic carbocycles. The van der Waals surface area contributed by atoms with E-state index in [0.717, 1.165) is 13.1 Å². The van der Waals surface area contributed by atoms with E-state index in [1.54, 1.807) is 0 Å². The van der Waals surface area contributed by atoms with Crippen LogP contribution in [0, 0.1) is 11.8 Å². The van der Waals surface area contributed by atoms with Crippen LogP contribution in [0.15, 0.2) is 0 Å². The highest BCUT2D eigenvalue weighted by Crippen LogP contribution is 2.23. The fourth-order valence-corrected chi connectivity index (χ4v) is 8.31. The lowest BCUT2D eigenvalue weighted by atomic mass is 10.0. The van der Waals surface area contributed by atoms with Crippen LogP contribution < -0.4 is 34.0 Å². The Hall–Kier alpha value is 0.440. The van der Waals surface area contributed by atoms with Crippen LogP contribution in [0.4, 0.5) is 0 Å². The van der Waals surface area contributed by atoms with Crippen LogP contribution in [0.2, 0.25) is 0 Å². The molecule has 2 aliphatic rings. The molecule has 0 amide bonds. The van der Waals surface area contributed by atoms with Crippen LogP contribution in [0.5, 0.6) is 0 Å². The molecule has 46 heavy (non-hydrogen) atoms. The van der Waals surface area contributed by atoms with E-state index < -0.39 is 0 Å². The first-order chi connectivity index (χ1) is 21.7. The van der Waals surface area contributed by atoms with Gasteiger partial charge < -0.3 is 42.9 Å². The summed E-state index contributed by atoms with van der Waals surface area (Å²) >= 11 is 0. The smallest absolute Gasteiger partial charge is 0.141 e. The van der Waals surface area contributed by atoms with E-state index in [9.17, 15) is 0 Å². The van der Waals surface area contributed by atoms with Crippen molar-refractivity contribution in [2.75, 3.05) is 52.4 Å². The second kappa shape index (κ2) is 32.6. The van der Waals surface area contributed by atoms with Gasteiger partial charge in [0.2, 0.25) is 0 Å². The molecule has 274 valence electrons. The van der Waals surface area contributed by atoms with E-state index in [0.29, 0.717) is 0 Å². The molecule has 2 nitrogen and oxygen atoms in total. The summed E-state index contributed by atoms with van der Waals surface area (Å²) in [6.07, 6.45) is 43.5. The maximum absolute atomic E-state index is 3.81. The van der Waals surface area contributed by atoms with Crippen LogP contribution in [-0.2, 0) is 0 Å². The summed E-state index contributed by atoms with van der Waals surface area (Å²) in [5.41, 5.74) is 0. The van der Waals surface area contributed by atoms with E-state index in [2.05, 4.69) is 25.7 Å². The Morgan fingerprint density at radius 2 is 0.565 bits per heavy atom. The van der Waals surface area contributed by atoms with E-state index in [4.69, 9.17) is 0 Å². The highest BCUT2D eigenvalue weighted by atomic mass is 79.9. The van der Waals surface area contributed by atoms with Gasteiger partial charge in [0.05, 0.1) is 39.3 Å². The van der Waals surface area contributed by atoms with Gasteiger partial charge in [-0.2, -0.15) is 0 Å². The van der Waals surface area contributed by atoms with Crippen LogP contribution >= 0.6 is 0 Å². The van der Waals surface area contributed by atoms with Crippen molar-refractivity contribution >= 4 is 0 Å². The first-order valence-electron chi connectivity index (χ1n) is 20.9.